The van der Waals surface area contributed by atoms with E-state index in [1.807, 2.05) is 84.3 Å². The Hall–Kier alpha value is -4.00. The van der Waals surface area contributed by atoms with Crippen molar-refractivity contribution in [3.05, 3.63) is 88.5 Å². The highest BCUT2D eigenvalue weighted by Crippen LogP contribution is 2.34. The molecular formula is C35H42N2O5. The van der Waals surface area contributed by atoms with Gasteiger partial charge < -0.3 is 24.0 Å². The molecule has 0 spiro atoms. The Kier molecular flexibility index (Phi) is 9.35. The molecule has 3 aromatic rings. The number of fused-ring (bicyclic) bond motifs is 1. The number of likely N-dealkylation sites (tertiary alicyclic amines) is 2. The summed E-state index contributed by atoms with van der Waals surface area (Å²) < 4.78 is 17.0. The highest BCUT2D eigenvalue weighted by molar-refractivity contribution is 5.95. The minimum Gasteiger partial charge on any atom is -0.496 e. The van der Waals surface area contributed by atoms with E-state index in [0.29, 0.717) is 42.8 Å². The molecule has 7 nitrogen and oxygen atoms in total. The summed E-state index contributed by atoms with van der Waals surface area (Å²) in [7, 11) is 3.30. The van der Waals surface area contributed by atoms with Gasteiger partial charge >= 0.3 is 0 Å². The fourth-order valence-electron chi connectivity index (χ4n) is 6.46. The van der Waals surface area contributed by atoms with Crippen LogP contribution in [-0.2, 0) is 17.8 Å². The van der Waals surface area contributed by atoms with Crippen LogP contribution in [0.4, 0.5) is 0 Å². The Labute approximate surface area is 249 Å². The van der Waals surface area contributed by atoms with E-state index >= 15 is 0 Å². The molecule has 0 bridgehead atoms. The molecule has 2 amide bonds. The summed E-state index contributed by atoms with van der Waals surface area (Å²) in [4.78, 5) is 30.6. The minimum absolute atomic E-state index is 0.0867. The summed E-state index contributed by atoms with van der Waals surface area (Å²) in [6, 6.07) is 19.8. The molecule has 3 aromatic carbocycles. The van der Waals surface area contributed by atoms with Crippen molar-refractivity contribution in [1.82, 2.24) is 9.80 Å². The lowest BCUT2D eigenvalue weighted by atomic mass is 9.92. The summed E-state index contributed by atoms with van der Waals surface area (Å²) in [5.74, 6) is 3.37. The molecule has 0 radical (unpaired) electrons. The zero-order chi connectivity index (χ0) is 29.6. The van der Waals surface area contributed by atoms with Crippen LogP contribution in [0.1, 0.15) is 51.9 Å². The topological polar surface area (TPSA) is 68.3 Å². The number of hydrogen-bond donors (Lipinski definition) is 0. The molecule has 0 saturated carbocycles. The van der Waals surface area contributed by atoms with Gasteiger partial charge in [0.25, 0.3) is 5.91 Å². The number of carbonyl (C=O) groups excluding carboxylic acids is 2. The quantitative estimate of drug-likeness (QED) is 0.323. The number of nitrogens with zero attached hydrogens (tertiary/aromatic N) is 2. The molecule has 222 valence electrons. The third kappa shape index (κ3) is 6.72. The van der Waals surface area contributed by atoms with Gasteiger partial charge in [-0.1, -0.05) is 36.4 Å². The summed E-state index contributed by atoms with van der Waals surface area (Å²) in [6.07, 6.45) is 2.97. The molecule has 7 heteroatoms. The van der Waals surface area contributed by atoms with Gasteiger partial charge in [-0.2, -0.15) is 0 Å². The lowest BCUT2D eigenvalue weighted by Crippen LogP contribution is -2.34. The fourth-order valence-corrected chi connectivity index (χ4v) is 6.46. The van der Waals surface area contributed by atoms with Gasteiger partial charge in [0.05, 0.1) is 14.2 Å². The molecule has 0 aliphatic carbocycles. The largest absolute Gasteiger partial charge is 0.496 e. The maximum Gasteiger partial charge on any atom is 0.253 e. The van der Waals surface area contributed by atoms with Gasteiger partial charge in [-0.15, -0.1) is 0 Å². The van der Waals surface area contributed by atoms with Gasteiger partial charge in [0.2, 0.25) is 5.91 Å². The molecule has 0 N–H and O–H groups in total. The van der Waals surface area contributed by atoms with E-state index in [1.54, 1.807) is 14.2 Å². The number of carbonyl (C=O) groups is 2. The first-order chi connectivity index (χ1) is 20.4. The second-order valence-electron chi connectivity index (χ2n) is 11.6. The maximum atomic E-state index is 13.3. The Morgan fingerprint density at radius 3 is 2.07 bits per heavy atom. The van der Waals surface area contributed by atoms with Crippen molar-refractivity contribution >= 4 is 11.8 Å². The Morgan fingerprint density at radius 2 is 1.45 bits per heavy atom. The second kappa shape index (κ2) is 13.3. The van der Waals surface area contributed by atoms with Gasteiger partial charge in [0.15, 0.2) is 11.5 Å². The first-order valence-corrected chi connectivity index (χ1v) is 14.9. The summed E-state index contributed by atoms with van der Waals surface area (Å²) >= 11 is 0. The number of ether oxygens (including phenoxy) is 3. The van der Waals surface area contributed by atoms with Gasteiger partial charge in [-0.05, 0) is 91.5 Å². The lowest BCUT2D eigenvalue weighted by Gasteiger charge is -2.23. The first-order valence-electron chi connectivity index (χ1n) is 14.9. The number of amides is 2. The van der Waals surface area contributed by atoms with Crippen LogP contribution in [-0.4, -0.2) is 62.0 Å². The third-order valence-corrected chi connectivity index (χ3v) is 8.76. The van der Waals surface area contributed by atoms with Crippen molar-refractivity contribution in [2.75, 3.05) is 40.4 Å². The molecule has 2 saturated heterocycles. The molecule has 42 heavy (non-hydrogen) atoms. The second-order valence-corrected chi connectivity index (χ2v) is 11.6. The van der Waals surface area contributed by atoms with Gasteiger partial charge in [-0.3, -0.25) is 9.59 Å². The van der Waals surface area contributed by atoms with Crippen LogP contribution in [0.25, 0.3) is 0 Å². The Bertz CT molecular complexity index is 1370. The average molecular weight is 571 g/mol. The number of aryl methyl sites for hydroxylation is 3. The molecule has 2 heterocycles. The summed E-state index contributed by atoms with van der Waals surface area (Å²) in [5.41, 5.74) is 4.83. The zero-order valence-corrected chi connectivity index (χ0v) is 25.2. The van der Waals surface area contributed by atoms with Crippen molar-refractivity contribution < 1.29 is 23.8 Å². The molecule has 0 aromatic heterocycles. The molecule has 2 aliphatic heterocycles. The van der Waals surface area contributed by atoms with Crippen LogP contribution in [0.5, 0.6) is 17.2 Å². The van der Waals surface area contributed by atoms with Crippen molar-refractivity contribution in [3.8, 4) is 17.2 Å². The third-order valence-electron chi connectivity index (χ3n) is 8.76. The highest BCUT2D eigenvalue weighted by Gasteiger charge is 2.37. The van der Waals surface area contributed by atoms with Crippen molar-refractivity contribution in [1.29, 1.82) is 0 Å². The van der Waals surface area contributed by atoms with Crippen LogP contribution < -0.4 is 14.2 Å². The van der Waals surface area contributed by atoms with Crippen LogP contribution in [0.15, 0.2) is 60.7 Å². The van der Waals surface area contributed by atoms with E-state index in [9.17, 15) is 9.59 Å². The lowest BCUT2D eigenvalue weighted by molar-refractivity contribution is -0.130. The zero-order valence-electron chi connectivity index (χ0n) is 25.2. The standard InChI is InChI=1S/C35H42N2O5/c1-24-18-30(19-25(2)34(24)41-4)35(39)36-16-14-28-21-37(22-29(28)15-17-36)33(38)13-11-26-10-12-31(32(20-26)40-3)42-23-27-8-6-5-7-9-27/h5-10,12,18-20,28-29H,11,13-17,21-23H2,1-4H3/t28-,29+. The van der Waals surface area contributed by atoms with E-state index in [1.165, 1.54) is 0 Å². The molecule has 2 aliphatic rings. The molecule has 5 rings (SSSR count). The van der Waals surface area contributed by atoms with E-state index in [4.69, 9.17) is 14.2 Å². The predicted octanol–water partition coefficient (Wildman–Crippen LogP) is 5.84. The Balaban J connectivity index is 1.11. The minimum atomic E-state index is 0.0867. The van der Waals surface area contributed by atoms with Crippen molar-refractivity contribution in [2.24, 2.45) is 11.8 Å². The SMILES string of the molecule is COc1cc(CCC(=O)N2C[C@H]3CCN(C(=O)c4cc(C)c(OC)c(C)c4)CC[C@H]3C2)ccc1OCc1ccccc1. The Morgan fingerprint density at radius 1 is 0.786 bits per heavy atom. The summed E-state index contributed by atoms with van der Waals surface area (Å²) in [5, 5.41) is 0. The fraction of sp³-hybridized carbons (Fsp3) is 0.429. The van der Waals surface area contributed by atoms with E-state index in [-0.39, 0.29) is 11.8 Å². The first kappa shape index (κ1) is 29.5. The van der Waals surface area contributed by atoms with E-state index < -0.39 is 0 Å². The summed E-state index contributed by atoms with van der Waals surface area (Å²) in [6.45, 7) is 7.44. The monoisotopic (exact) mass is 570 g/mol. The van der Waals surface area contributed by atoms with Crippen molar-refractivity contribution in [2.45, 2.75) is 46.1 Å². The van der Waals surface area contributed by atoms with E-state index in [2.05, 4.69) is 0 Å². The van der Waals surface area contributed by atoms with Gasteiger partial charge in [0, 0.05) is 38.2 Å². The van der Waals surface area contributed by atoms with E-state index in [0.717, 1.165) is 72.6 Å². The smallest absolute Gasteiger partial charge is 0.253 e. The number of hydrogen-bond acceptors (Lipinski definition) is 5. The van der Waals surface area contributed by atoms with Crippen molar-refractivity contribution in [3.63, 3.8) is 0 Å². The van der Waals surface area contributed by atoms with Crippen LogP contribution in [0, 0.1) is 25.7 Å². The maximum absolute atomic E-state index is 13.3. The predicted molar refractivity (Wildman–Crippen MR) is 163 cm³/mol. The highest BCUT2D eigenvalue weighted by atomic mass is 16.5. The van der Waals surface area contributed by atoms with Crippen LogP contribution in [0.2, 0.25) is 0 Å². The average Bonchev–Trinajstić information content (AvgIpc) is 3.31. The van der Waals surface area contributed by atoms with Crippen LogP contribution in [0.3, 0.4) is 0 Å². The molecule has 0 unspecified atom stereocenters. The molecular weight excluding hydrogens is 528 g/mol. The normalized spacial score (nSPS) is 18.3. The molecule has 2 fully saturated rings. The number of benzene rings is 3. The number of rotatable bonds is 9. The number of methoxy groups -OCH3 is 2. The van der Waals surface area contributed by atoms with Crippen LogP contribution >= 0.6 is 0 Å². The molecule has 2 atom stereocenters. The van der Waals surface area contributed by atoms with Gasteiger partial charge in [-0.25, -0.2) is 0 Å². The van der Waals surface area contributed by atoms with Gasteiger partial charge in [0.1, 0.15) is 12.4 Å².